The van der Waals surface area contributed by atoms with E-state index < -0.39 is 5.97 Å². The van der Waals surface area contributed by atoms with Crippen LogP contribution in [0.3, 0.4) is 0 Å². The standard InChI is InChI=1S/C14H19N3O2/c1-9-11-8-10(13(18)19)4-5-12(11)16-14(15-9)17-6-2-3-7-17/h10H,2-8H2,1H3,(H,18,19). The zero-order valence-corrected chi connectivity index (χ0v) is 11.2. The zero-order chi connectivity index (χ0) is 13.4. The number of carboxylic acid groups (broad SMARTS) is 1. The van der Waals surface area contributed by atoms with Gasteiger partial charge in [-0.05, 0) is 44.6 Å². The van der Waals surface area contributed by atoms with Gasteiger partial charge in [0.15, 0.2) is 0 Å². The van der Waals surface area contributed by atoms with Crippen LogP contribution in [-0.2, 0) is 17.6 Å². The second kappa shape index (κ2) is 4.79. The van der Waals surface area contributed by atoms with Gasteiger partial charge in [-0.3, -0.25) is 4.79 Å². The summed E-state index contributed by atoms with van der Waals surface area (Å²) < 4.78 is 0. The maximum Gasteiger partial charge on any atom is 0.306 e. The molecule has 1 N–H and O–H groups in total. The van der Waals surface area contributed by atoms with Gasteiger partial charge in [-0.25, -0.2) is 9.97 Å². The molecule has 1 aromatic heterocycles. The van der Waals surface area contributed by atoms with Crippen LogP contribution >= 0.6 is 0 Å². The van der Waals surface area contributed by atoms with Gasteiger partial charge in [0.05, 0.1) is 5.92 Å². The summed E-state index contributed by atoms with van der Waals surface area (Å²) in [5, 5.41) is 9.13. The number of carbonyl (C=O) groups is 1. The number of fused-ring (bicyclic) bond motifs is 1. The van der Waals surface area contributed by atoms with E-state index in [1.807, 2.05) is 6.92 Å². The number of hydrogen-bond acceptors (Lipinski definition) is 4. The van der Waals surface area contributed by atoms with Gasteiger partial charge in [0.1, 0.15) is 0 Å². The normalized spacial score (nSPS) is 22.4. The Balaban J connectivity index is 1.90. The molecule has 3 rings (SSSR count). The first-order valence-corrected chi connectivity index (χ1v) is 6.99. The molecule has 0 amide bonds. The van der Waals surface area contributed by atoms with Crippen molar-refractivity contribution in [2.45, 2.75) is 39.0 Å². The summed E-state index contributed by atoms with van der Waals surface area (Å²) in [6.45, 7) is 4.05. The van der Waals surface area contributed by atoms with E-state index >= 15 is 0 Å². The molecular formula is C14H19N3O2. The third-order valence-corrected chi connectivity index (χ3v) is 4.21. The average Bonchev–Trinajstić information content (AvgIpc) is 2.92. The summed E-state index contributed by atoms with van der Waals surface area (Å²) >= 11 is 0. The number of rotatable bonds is 2. The first-order chi connectivity index (χ1) is 9.15. The van der Waals surface area contributed by atoms with Gasteiger partial charge >= 0.3 is 5.97 Å². The molecule has 0 radical (unpaired) electrons. The van der Waals surface area contributed by atoms with E-state index in [-0.39, 0.29) is 5.92 Å². The number of carboxylic acids is 1. The van der Waals surface area contributed by atoms with Crippen molar-refractivity contribution in [3.8, 4) is 0 Å². The van der Waals surface area contributed by atoms with E-state index in [0.717, 1.165) is 42.4 Å². The largest absolute Gasteiger partial charge is 0.481 e. The molecule has 1 atom stereocenters. The summed E-state index contributed by atoms with van der Waals surface area (Å²) in [6, 6.07) is 0. The van der Waals surface area contributed by atoms with E-state index in [1.165, 1.54) is 12.8 Å². The number of hydrogen-bond donors (Lipinski definition) is 1. The third-order valence-electron chi connectivity index (χ3n) is 4.21. The first kappa shape index (κ1) is 12.4. The van der Waals surface area contributed by atoms with Crippen LogP contribution in [0.5, 0.6) is 0 Å². The van der Waals surface area contributed by atoms with Gasteiger partial charge < -0.3 is 10.0 Å². The summed E-state index contributed by atoms with van der Waals surface area (Å²) in [5.74, 6) is -0.136. The molecule has 0 spiro atoms. The summed E-state index contributed by atoms with van der Waals surface area (Å²) in [5.41, 5.74) is 3.08. The highest BCUT2D eigenvalue weighted by atomic mass is 16.4. The second-order valence-corrected chi connectivity index (χ2v) is 5.51. The minimum atomic E-state index is -0.700. The van der Waals surface area contributed by atoms with Crippen LogP contribution in [-0.4, -0.2) is 34.1 Å². The lowest BCUT2D eigenvalue weighted by Gasteiger charge is -2.24. The minimum Gasteiger partial charge on any atom is -0.481 e. The molecule has 1 saturated heterocycles. The fourth-order valence-electron chi connectivity index (χ4n) is 3.04. The Morgan fingerprint density at radius 1 is 1.32 bits per heavy atom. The van der Waals surface area contributed by atoms with Crippen molar-refractivity contribution in [3.63, 3.8) is 0 Å². The fraction of sp³-hybridized carbons (Fsp3) is 0.643. The average molecular weight is 261 g/mol. The number of aryl methyl sites for hydroxylation is 2. The molecule has 19 heavy (non-hydrogen) atoms. The molecule has 1 aliphatic heterocycles. The quantitative estimate of drug-likeness (QED) is 0.875. The Morgan fingerprint density at radius 2 is 2.05 bits per heavy atom. The van der Waals surface area contributed by atoms with Gasteiger partial charge in [-0.2, -0.15) is 0 Å². The van der Waals surface area contributed by atoms with Crippen molar-refractivity contribution in [1.82, 2.24) is 9.97 Å². The van der Waals surface area contributed by atoms with Crippen LogP contribution in [0.25, 0.3) is 0 Å². The highest BCUT2D eigenvalue weighted by molar-refractivity contribution is 5.71. The highest BCUT2D eigenvalue weighted by Crippen LogP contribution is 2.28. The molecule has 2 aliphatic rings. The summed E-state index contributed by atoms with van der Waals surface area (Å²) in [4.78, 5) is 22.6. The Kier molecular flexibility index (Phi) is 3.12. The first-order valence-electron chi connectivity index (χ1n) is 6.99. The third kappa shape index (κ3) is 2.29. The Bertz CT molecular complexity index is 510. The van der Waals surface area contributed by atoms with Crippen LogP contribution in [0.2, 0.25) is 0 Å². The van der Waals surface area contributed by atoms with Gasteiger partial charge in [0.2, 0.25) is 5.95 Å². The molecule has 1 aromatic rings. The van der Waals surface area contributed by atoms with Crippen LogP contribution in [0, 0.1) is 12.8 Å². The molecule has 0 saturated carbocycles. The predicted octanol–water partition coefficient (Wildman–Crippen LogP) is 1.57. The van der Waals surface area contributed by atoms with Crippen molar-refractivity contribution in [2.75, 3.05) is 18.0 Å². The lowest BCUT2D eigenvalue weighted by molar-refractivity contribution is -0.142. The number of aromatic nitrogens is 2. The van der Waals surface area contributed by atoms with Crippen LogP contribution in [0.1, 0.15) is 36.2 Å². The van der Waals surface area contributed by atoms with Crippen molar-refractivity contribution in [2.24, 2.45) is 5.92 Å². The van der Waals surface area contributed by atoms with E-state index in [4.69, 9.17) is 5.11 Å². The van der Waals surface area contributed by atoms with Crippen LogP contribution in [0.4, 0.5) is 5.95 Å². The minimum absolute atomic E-state index is 0.271. The van der Waals surface area contributed by atoms with Crippen molar-refractivity contribution in [3.05, 3.63) is 17.0 Å². The Hall–Kier alpha value is -1.65. The van der Waals surface area contributed by atoms with E-state index in [2.05, 4.69) is 14.9 Å². The molecule has 1 fully saturated rings. The van der Waals surface area contributed by atoms with Crippen LogP contribution < -0.4 is 4.90 Å². The van der Waals surface area contributed by atoms with Gasteiger partial charge in [-0.15, -0.1) is 0 Å². The molecule has 1 aliphatic carbocycles. The summed E-state index contributed by atoms with van der Waals surface area (Å²) in [7, 11) is 0. The second-order valence-electron chi connectivity index (χ2n) is 5.51. The molecule has 0 bridgehead atoms. The lowest BCUT2D eigenvalue weighted by atomic mass is 9.86. The molecule has 1 unspecified atom stereocenters. The van der Waals surface area contributed by atoms with Crippen molar-refractivity contribution < 1.29 is 9.90 Å². The van der Waals surface area contributed by atoms with E-state index in [9.17, 15) is 4.79 Å². The highest BCUT2D eigenvalue weighted by Gasteiger charge is 2.28. The number of anilines is 1. The molecule has 5 nitrogen and oxygen atoms in total. The summed E-state index contributed by atoms with van der Waals surface area (Å²) in [6.07, 6.45) is 4.45. The van der Waals surface area contributed by atoms with E-state index in [0.29, 0.717) is 12.8 Å². The van der Waals surface area contributed by atoms with Gasteiger partial charge in [0, 0.05) is 24.5 Å². The van der Waals surface area contributed by atoms with Gasteiger partial charge in [0.25, 0.3) is 0 Å². The van der Waals surface area contributed by atoms with Crippen molar-refractivity contribution in [1.29, 1.82) is 0 Å². The smallest absolute Gasteiger partial charge is 0.306 e. The molecule has 0 aromatic carbocycles. The van der Waals surface area contributed by atoms with E-state index in [1.54, 1.807) is 0 Å². The number of aliphatic carboxylic acids is 1. The fourth-order valence-corrected chi connectivity index (χ4v) is 3.04. The topological polar surface area (TPSA) is 66.3 Å². The molecule has 5 heteroatoms. The Labute approximate surface area is 112 Å². The van der Waals surface area contributed by atoms with Gasteiger partial charge in [-0.1, -0.05) is 0 Å². The van der Waals surface area contributed by atoms with Crippen molar-refractivity contribution >= 4 is 11.9 Å². The molecule has 2 heterocycles. The molecule has 102 valence electrons. The van der Waals surface area contributed by atoms with Crippen LogP contribution in [0.15, 0.2) is 0 Å². The SMILES string of the molecule is Cc1nc(N2CCCC2)nc2c1CC(C(=O)O)CC2. The molecular weight excluding hydrogens is 242 g/mol. The predicted molar refractivity (Wildman–Crippen MR) is 71.4 cm³/mol. The maximum absolute atomic E-state index is 11.1. The lowest BCUT2D eigenvalue weighted by Crippen LogP contribution is -2.27. The Morgan fingerprint density at radius 3 is 2.74 bits per heavy atom. The number of nitrogens with zero attached hydrogens (tertiary/aromatic N) is 3. The zero-order valence-electron chi connectivity index (χ0n) is 11.2. The maximum atomic E-state index is 11.1. The monoisotopic (exact) mass is 261 g/mol.